The first kappa shape index (κ1) is 37.2. The molecule has 37 heavy (non-hydrogen) atoms. The van der Waals surface area contributed by atoms with E-state index in [0.29, 0.717) is 79.3 Å². The first-order valence-electron chi connectivity index (χ1n) is 11.9. The largest absolute Gasteiger partial charge is 1.00 e. The van der Waals surface area contributed by atoms with Gasteiger partial charge in [0.25, 0.3) is 0 Å². The van der Waals surface area contributed by atoms with Gasteiger partial charge in [-0.15, -0.1) is 0 Å². The van der Waals surface area contributed by atoms with Crippen molar-refractivity contribution in [1.29, 1.82) is 0 Å². The molecule has 1 aliphatic rings. The van der Waals surface area contributed by atoms with Crippen LogP contribution in [-0.2, 0) is 57.2 Å². The summed E-state index contributed by atoms with van der Waals surface area (Å²) < 4.78 is 84.0. The predicted molar refractivity (Wildman–Crippen MR) is 125 cm³/mol. The Morgan fingerprint density at radius 3 is 1.89 bits per heavy atom. The average molecular weight is 569 g/mol. The van der Waals surface area contributed by atoms with Gasteiger partial charge in [0.15, 0.2) is 6.29 Å². The summed E-state index contributed by atoms with van der Waals surface area (Å²) >= 11 is 0. The van der Waals surface area contributed by atoms with E-state index in [0.717, 1.165) is 5.57 Å². The van der Waals surface area contributed by atoms with Gasteiger partial charge in [0.1, 0.15) is 12.2 Å². The van der Waals surface area contributed by atoms with E-state index in [4.69, 9.17) is 42.6 Å². The quantitative estimate of drug-likeness (QED) is 0.0370. The van der Waals surface area contributed by atoms with Gasteiger partial charge in [-0.05, 0) is 13.8 Å². The first-order valence-corrected chi connectivity index (χ1v) is 13.2. The summed E-state index contributed by atoms with van der Waals surface area (Å²) in [6, 6.07) is 0. The van der Waals surface area contributed by atoms with Crippen molar-refractivity contribution in [3.8, 4) is 0 Å². The molecule has 1 rings (SSSR count). The molecule has 0 spiro atoms. The fourth-order valence-electron chi connectivity index (χ4n) is 2.75. The summed E-state index contributed by atoms with van der Waals surface area (Å²) in [5, 5.41) is 0. The Morgan fingerprint density at radius 1 is 0.892 bits per heavy atom. The van der Waals surface area contributed by atoms with E-state index in [1.807, 2.05) is 13.8 Å². The fourth-order valence-corrected chi connectivity index (χ4v) is 3.02. The Morgan fingerprint density at radius 2 is 1.41 bits per heavy atom. The maximum absolute atomic E-state index is 10.2. The summed E-state index contributed by atoms with van der Waals surface area (Å²) in [6.45, 7) is 12.4. The van der Waals surface area contributed by atoms with Crippen LogP contribution in [0.15, 0.2) is 12.2 Å². The molecule has 1 saturated heterocycles. The summed E-state index contributed by atoms with van der Waals surface area (Å²) in [5.74, 6) is 0. The second-order valence-electron chi connectivity index (χ2n) is 7.84. The number of rotatable bonds is 25. The summed E-state index contributed by atoms with van der Waals surface area (Å²) in [7, 11) is -4.68. The molecule has 0 bridgehead atoms. The molecule has 214 valence electrons. The summed E-state index contributed by atoms with van der Waals surface area (Å²) in [6.07, 6.45) is -0.512. The molecular weight excluding hydrogens is 527 g/mol. The molecule has 0 radical (unpaired) electrons. The van der Waals surface area contributed by atoms with Crippen molar-refractivity contribution in [3.63, 3.8) is 0 Å². The fraction of sp³-hybridized carbons (Fsp3) is 0.909. The van der Waals surface area contributed by atoms with E-state index in [-0.39, 0.29) is 67.9 Å². The van der Waals surface area contributed by atoms with Crippen LogP contribution in [0.2, 0.25) is 0 Å². The number of ether oxygens (including phenoxy) is 9. The molecule has 0 aromatic heterocycles. The topological polar surface area (TPSA) is 150 Å². The van der Waals surface area contributed by atoms with E-state index in [1.54, 1.807) is 0 Å². The van der Waals surface area contributed by atoms with Crippen LogP contribution >= 0.6 is 0 Å². The molecule has 0 N–H and O–H groups in total. The van der Waals surface area contributed by atoms with Crippen LogP contribution < -0.4 is 29.6 Å². The summed E-state index contributed by atoms with van der Waals surface area (Å²) in [4.78, 5) is 0. The summed E-state index contributed by atoms with van der Waals surface area (Å²) in [5.41, 5.74) is 0.934. The predicted octanol–water partition coefficient (Wildman–Crippen LogP) is -2.71. The van der Waals surface area contributed by atoms with Crippen LogP contribution in [-0.4, -0.2) is 131 Å². The van der Waals surface area contributed by atoms with E-state index < -0.39 is 10.4 Å². The van der Waals surface area contributed by atoms with Gasteiger partial charge in [0, 0.05) is 0 Å². The average Bonchev–Trinajstić information content (AvgIpc) is 3.22. The number of hydrogen-bond acceptors (Lipinski definition) is 13. The van der Waals surface area contributed by atoms with E-state index in [9.17, 15) is 13.0 Å². The maximum Gasteiger partial charge on any atom is 1.00 e. The van der Waals surface area contributed by atoms with Crippen LogP contribution in [0.25, 0.3) is 0 Å². The van der Waals surface area contributed by atoms with Crippen molar-refractivity contribution in [2.24, 2.45) is 0 Å². The minimum absolute atomic E-state index is 0. The molecule has 0 saturated carbocycles. The van der Waals surface area contributed by atoms with Crippen molar-refractivity contribution >= 4 is 10.4 Å². The molecule has 0 amide bonds. The first-order chi connectivity index (χ1) is 17.3. The molecule has 1 aliphatic heterocycles. The van der Waals surface area contributed by atoms with Crippen LogP contribution in [0, 0.1) is 0 Å². The Balaban J connectivity index is 0.0000130. The third-order valence-corrected chi connectivity index (χ3v) is 4.77. The number of hydrogen-bond donors (Lipinski definition) is 0. The molecule has 13 nitrogen and oxygen atoms in total. The van der Waals surface area contributed by atoms with Gasteiger partial charge in [0.2, 0.25) is 10.4 Å². The zero-order valence-electron chi connectivity index (χ0n) is 22.3. The Hall–Kier alpha value is 0.250. The molecule has 0 aromatic rings. The molecule has 0 aromatic carbocycles. The van der Waals surface area contributed by atoms with Gasteiger partial charge in [-0.2, -0.15) is 0 Å². The van der Waals surface area contributed by atoms with Crippen molar-refractivity contribution in [1.82, 2.24) is 0 Å². The maximum atomic E-state index is 10.2. The Bertz CT molecular complexity index is 652. The minimum Gasteiger partial charge on any atom is -0.726 e. The van der Waals surface area contributed by atoms with Crippen molar-refractivity contribution in [2.45, 2.75) is 32.3 Å². The third kappa shape index (κ3) is 25.0. The molecule has 1 heterocycles. The van der Waals surface area contributed by atoms with Crippen LogP contribution in [0.3, 0.4) is 0 Å². The molecule has 1 fully saturated rings. The smallest absolute Gasteiger partial charge is 0.726 e. The zero-order valence-corrected chi connectivity index (χ0v) is 25.1. The van der Waals surface area contributed by atoms with Crippen LogP contribution in [0.1, 0.15) is 13.8 Å². The van der Waals surface area contributed by atoms with Crippen molar-refractivity contribution < 1.29 is 89.3 Å². The van der Waals surface area contributed by atoms with E-state index in [1.165, 1.54) is 0 Å². The normalized spacial score (nSPS) is 18.6. The second kappa shape index (κ2) is 24.1. The Labute approximate surface area is 242 Å². The van der Waals surface area contributed by atoms with E-state index >= 15 is 0 Å². The second-order valence-corrected chi connectivity index (χ2v) is 8.89. The molecule has 0 aliphatic carbocycles. The zero-order chi connectivity index (χ0) is 26.5. The van der Waals surface area contributed by atoms with Crippen LogP contribution in [0.4, 0.5) is 0 Å². The van der Waals surface area contributed by atoms with Crippen molar-refractivity contribution in [2.75, 3.05) is 99.1 Å². The van der Waals surface area contributed by atoms with Gasteiger partial charge in [-0.1, -0.05) is 12.2 Å². The third-order valence-electron chi connectivity index (χ3n) is 4.31. The van der Waals surface area contributed by atoms with Crippen LogP contribution in [0.5, 0.6) is 0 Å². The molecular formula is C22H41NaO13S. The Kier molecular flexibility index (Phi) is 24.2. The van der Waals surface area contributed by atoms with Gasteiger partial charge in [-0.3, -0.25) is 4.18 Å². The standard InChI is InChI=1S/C22H42O13S.Na/c1-19(2)14-30-15-21(16-31-17-22-18-33-20(3)35-22)32-12-10-28-8-6-26-4-5-27-7-9-29-11-13-34-36(23,24)25;/h20-22H,1,4-18H2,2-3H3,(H,23,24,25);/q;+1/p-1. The molecule has 3 atom stereocenters. The van der Waals surface area contributed by atoms with Crippen molar-refractivity contribution in [3.05, 3.63) is 12.2 Å². The van der Waals surface area contributed by atoms with Gasteiger partial charge >= 0.3 is 29.6 Å². The van der Waals surface area contributed by atoms with E-state index in [2.05, 4.69) is 10.8 Å². The van der Waals surface area contributed by atoms with Gasteiger partial charge in [0.05, 0.1) is 99.1 Å². The van der Waals surface area contributed by atoms with Gasteiger partial charge < -0.3 is 47.2 Å². The molecule has 3 unspecified atom stereocenters. The molecule has 15 heteroatoms. The van der Waals surface area contributed by atoms with Gasteiger partial charge in [-0.25, -0.2) is 8.42 Å². The minimum atomic E-state index is -4.68. The SMILES string of the molecule is C=C(C)COCC(COCC1COC(C)O1)OCCOCCOCCOCCOCCOS(=O)(=O)[O-].[Na+]. The monoisotopic (exact) mass is 568 g/mol.